The Labute approximate surface area is 120 Å². The van der Waals surface area contributed by atoms with Crippen LogP contribution < -0.4 is 0 Å². The molecule has 0 amide bonds. The number of aromatic nitrogens is 3. The van der Waals surface area contributed by atoms with Crippen molar-refractivity contribution in [2.45, 2.75) is 6.54 Å². The van der Waals surface area contributed by atoms with Crippen LogP contribution in [-0.2, 0) is 6.54 Å². The summed E-state index contributed by atoms with van der Waals surface area (Å²) < 4.78 is 14.7. The monoisotopic (exact) mass is 281 g/mol. The summed E-state index contributed by atoms with van der Waals surface area (Å²) in [5.41, 5.74) is 2.59. The molecule has 104 valence electrons. The van der Waals surface area contributed by atoms with Crippen LogP contribution in [0.4, 0.5) is 4.39 Å². The first-order valence-corrected chi connectivity index (χ1v) is 6.46. The van der Waals surface area contributed by atoms with E-state index in [0.29, 0.717) is 24.1 Å². The largest absolute Gasteiger partial charge is 0.296 e. The molecule has 2 aromatic carbocycles. The highest BCUT2D eigenvalue weighted by Crippen LogP contribution is 2.22. The number of hydrogen-bond donors (Lipinski definition) is 0. The average molecular weight is 281 g/mol. The second-order valence-corrected chi connectivity index (χ2v) is 4.59. The topological polar surface area (TPSA) is 47.8 Å². The van der Waals surface area contributed by atoms with Gasteiger partial charge >= 0.3 is 0 Å². The quantitative estimate of drug-likeness (QED) is 0.691. The van der Waals surface area contributed by atoms with Gasteiger partial charge in [0, 0.05) is 5.56 Å². The first kappa shape index (κ1) is 13.2. The fraction of sp³-hybridized carbons (Fsp3) is 0.0625. The number of halogens is 1. The van der Waals surface area contributed by atoms with Gasteiger partial charge in [-0.25, -0.2) is 9.07 Å². The molecule has 3 rings (SSSR count). The fourth-order valence-electron chi connectivity index (χ4n) is 2.18. The van der Waals surface area contributed by atoms with Crippen LogP contribution in [0, 0.1) is 5.82 Å². The van der Waals surface area contributed by atoms with Crippen molar-refractivity contribution in [3.05, 3.63) is 71.7 Å². The van der Waals surface area contributed by atoms with E-state index in [-0.39, 0.29) is 11.5 Å². The van der Waals surface area contributed by atoms with Gasteiger partial charge in [-0.3, -0.25) is 4.79 Å². The van der Waals surface area contributed by atoms with Gasteiger partial charge in [0.25, 0.3) is 0 Å². The molecule has 4 nitrogen and oxygen atoms in total. The van der Waals surface area contributed by atoms with Gasteiger partial charge in [0.05, 0.1) is 12.2 Å². The lowest BCUT2D eigenvalue weighted by molar-refractivity contribution is 0.111. The molecule has 0 bridgehead atoms. The highest BCUT2D eigenvalue weighted by atomic mass is 19.1. The lowest BCUT2D eigenvalue weighted by Gasteiger charge is -2.07. The smallest absolute Gasteiger partial charge is 0.172 e. The van der Waals surface area contributed by atoms with Crippen LogP contribution in [0.2, 0.25) is 0 Å². The molecule has 1 heterocycles. The molecule has 0 aliphatic rings. The van der Waals surface area contributed by atoms with Crippen LogP contribution in [0.1, 0.15) is 16.1 Å². The molecule has 0 unspecified atom stereocenters. The zero-order valence-corrected chi connectivity index (χ0v) is 11.1. The number of carbonyl (C=O) groups excluding carboxylic acids is 1. The molecule has 21 heavy (non-hydrogen) atoms. The van der Waals surface area contributed by atoms with Crippen molar-refractivity contribution in [1.82, 2.24) is 15.0 Å². The van der Waals surface area contributed by atoms with E-state index in [1.807, 2.05) is 30.3 Å². The summed E-state index contributed by atoms with van der Waals surface area (Å²) in [5.74, 6) is -0.325. The van der Waals surface area contributed by atoms with Crippen LogP contribution in [-0.4, -0.2) is 21.3 Å². The van der Waals surface area contributed by atoms with Gasteiger partial charge < -0.3 is 0 Å². The highest BCUT2D eigenvalue weighted by molar-refractivity contribution is 5.83. The number of benzene rings is 2. The summed E-state index contributed by atoms with van der Waals surface area (Å²) in [5, 5.41) is 7.90. The molecule has 0 fully saturated rings. The molecule has 5 heteroatoms. The molecule has 3 aromatic rings. The van der Waals surface area contributed by atoms with E-state index in [0.717, 1.165) is 5.56 Å². The Morgan fingerprint density at radius 3 is 2.43 bits per heavy atom. The van der Waals surface area contributed by atoms with Crippen molar-refractivity contribution in [2.24, 2.45) is 0 Å². The third-order valence-corrected chi connectivity index (χ3v) is 3.17. The maximum Gasteiger partial charge on any atom is 0.172 e. The summed E-state index contributed by atoms with van der Waals surface area (Å²) in [4.78, 5) is 11.1. The van der Waals surface area contributed by atoms with Crippen molar-refractivity contribution in [2.75, 3.05) is 0 Å². The number of rotatable bonds is 4. The molecular weight excluding hydrogens is 269 g/mol. The van der Waals surface area contributed by atoms with Crippen LogP contribution in [0.25, 0.3) is 11.3 Å². The zero-order chi connectivity index (χ0) is 14.7. The molecule has 0 aliphatic heterocycles. The third-order valence-electron chi connectivity index (χ3n) is 3.17. The Balaban J connectivity index is 2.04. The second-order valence-electron chi connectivity index (χ2n) is 4.59. The Hall–Kier alpha value is -2.82. The van der Waals surface area contributed by atoms with E-state index < -0.39 is 0 Å². The van der Waals surface area contributed by atoms with Gasteiger partial charge in [-0.05, 0) is 29.8 Å². The first-order chi connectivity index (χ1) is 10.3. The van der Waals surface area contributed by atoms with Crippen LogP contribution in [0.5, 0.6) is 0 Å². The fourth-order valence-corrected chi connectivity index (χ4v) is 2.18. The van der Waals surface area contributed by atoms with Gasteiger partial charge in [0.2, 0.25) is 0 Å². The van der Waals surface area contributed by atoms with Crippen molar-refractivity contribution >= 4 is 6.29 Å². The number of aldehydes is 1. The van der Waals surface area contributed by atoms with Crippen molar-refractivity contribution in [3.8, 4) is 11.3 Å². The molecule has 0 radical (unpaired) electrons. The predicted molar refractivity (Wildman–Crippen MR) is 76.3 cm³/mol. The van der Waals surface area contributed by atoms with E-state index in [9.17, 15) is 9.18 Å². The number of nitrogens with zero attached hydrogens (tertiary/aromatic N) is 3. The van der Waals surface area contributed by atoms with Crippen LogP contribution in [0.15, 0.2) is 54.6 Å². The molecule has 0 N–H and O–H groups in total. The Morgan fingerprint density at radius 2 is 1.76 bits per heavy atom. The maximum atomic E-state index is 13.1. The van der Waals surface area contributed by atoms with E-state index in [2.05, 4.69) is 10.3 Å². The minimum Gasteiger partial charge on any atom is -0.296 e. The summed E-state index contributed by atoms with van der Waals surface area (Å²) in [6, 6.07) is 15.7. The standard InChI is InChI=1S/C16H12FN3O/c17-14-8-6-13(7-9-14)16-15(11-21)18-19-20(16)10-12-4-2-1-3-5-12/h1-9,11H,10H2. The van der Waals surface area contributed by atoms with Crippen LogP contribution >= 0.6 is 0 Å². The van der Waals surface area contributed by atoms with Gasteiger partial charge in [-0.2, -0.15) is 0 Å². The van der Waals surface area contributed by atoms with Gasteiger partial charge in [-0.1, -0.05) is 35.5 Å². The molecular formula is C16H12FN3O. The summed E-state index contributed by atoms with van der Waals surface area (Å²) in [7, 11) is 0. The van der Waals surface area contributed by atoms with E-state index in [1.165, 1.54) is 12.1 Å². The average Bonchev–Trinajstić information content (AvgIpc) is 2.92. The summed E-state index contributed by atoms with van der Waals surface area (Å²) >= 11 is 0. The first-order valence-electron chi connectivity index (χ1n) is 6.46. The Morgan fingerprint density at radius 1 is 1.05 bits per heavy atom. The SMILES string of the molecule is O=Cc1nnn(Cc2ccccc2)c1-c1ccc(F)cc1. The molecule has 0 saturated heterocycles. The predicted octanol–water partition coefficient (Wildman–Crippen LogP) is 2.95. The van der Waals surface area contributed by atoms with E-state index in [4.69, 9.17) is 0 Å². The van der Waals surface area contributed by atoms with E-state index >= 15 is 0 Å². The maximum absolute atomic E-state index is 13.1. The molecule has 1 aromatic heterocycles. The molecule has 0 atom stereocenters. The molecule has 0 aliphatic carbocycles. The molecule has 0 spiro atoms. The Kier molecular flexibility index (Phi) is 3.55. The molecule has 0 saturated carbocycles. The van der Waals surface area contributed by atoms with Crippen molar-refractivity contribution < 1.29 is 9.18 Å². The van der Waals surface area contributed by atoms with Gasteiger partial charge in [0.15, 0.2) is 12.0 Å². The van der Waals surface area contributed by atoms with Crippen molar-refractivity contribution in [3.63, 3.8) is 0 Å². The normalized spacial score (nSPS) is 10.5. The summed E-state index contributed by atoms with van der Waals surface area (Å²) in [6.07, 6.45) is 0.660. The minimum atomic E-state index is -0.325. The number of carbonyl (C=O) groups is 1. The zero-order valence-electron chi connectivity index (χ0n) is 11.1. The lowest BCUT2D eigenvalue weighted by Crippen LogP contribution is -2.04. The highest BCUT2D eigenvalue weighted by Gasteiger charge is 2.14. The van der Waals surface area contributed by atoms with Crippen LogP contribution in [0.3, 0.4) is 0 Å². The van der Waals surface area contributed by atoms with Gasteiger partial charge in [0.1, 0.15) is 5.82 Å². The third kappa shape index (κ3) is 2.72. The van der Waals surface area contributed by atoms with E-state index in [1.54, 1.807) is 16.8 Å². The minimum absolute atomic E-state index is 0.248. The second kappa shape index (κ2) is 5.66. The van der Waals surface area contributed by atoms with Crippen molar-refractivity contribution in [1.29, 1.82) is 0 Å². The lowest BCUT2D eigenvalue weighted by atomic mass is 10.1. The van der Waals surface area contributed by atoms with Gasteiger partial charge in [-0.15, -0.1) is 5.10 Å². The Bertz CT molecular complexity index is 751. The number of hydrogen-bond acceptors (Lipinski definition) is 3. The summed E-state index contributed by atoms with van der Waals surface area (Å²) in [6.45, 7) is 0.494.